The molecular weight excluding hydrogens is 280 g/mol. The molecule has 0 aliphatic heterocycles. The molecule has 2 aromatic rings. The van der Waals surface area contributed by atoms with Crippen LogP contribution in [0.4, 0.5) is 0 Å². The molecule has 0 unspecified atom stereocenters. The van der Waals surface area contributed by atoms with Crippen molar-refractivity contribution in [2.45, 2.75) is 31.1 Å². The lowest BCUT2D eigenvalue weighted by Crippen LogP contribution is -2.10. The molecule has 0 aromatic heterocycles. The van der Waals surface area contributed by atoms with Gasteiger partial charge in [-0.05, 0) is 54.0 Å². The fourth-order valence-corrected chi connectivity index (χ4v) is 4.23. The number of hydrogen-bond donors (Lipinski definition) is 0. The van der Waals surface area contributed by atoms with Gasteiger partial charge in [-0.15, -0.1) is 0 Å². The highest BCUT2D eigenvalue weighted by Gasteiger charge is 2.58. The Bertz CT molecular complexity index is 734. The van der Waals surface area contributed by atoms with Gasteiger partial charge in [-0.25, -0.2) is 0 Å². The van der Waals surface area contributed by atoms with Gasteiger partial charge in [0.15, 0.2) is 0 Å². The summed E-state index contributed by atoms with van der Waals surface area (Å²) in [7, 11) is 0. The van der Waals surface area contributed by atoms with Crippen molar-refractivity contribution in [2.75, 3.05) is 0 Å². The van der Waals surface area contributed by atoms with Crippen LogP contribution in [0.2, 0.25) is 0 Å². The van der Waals surface area contributed by atoms with E-state index in [4.69, 9.17) is 0 Å². The summed E-state index contributed by atoms with van der Waals surface area (Å²) < 4.78 is 0. The van der Waals surface area contributed by atoms with E-state index >= 15 is 0 Å². The molecule has 0 atom stereocenters. The quantitative estimate of drug-likeness (QED) is 0.577. The maximum absolute atomic E-state index is 11.3. The van der Waals surface area contributed by atoms with Gasteiger partial charge in [-0.2, -0.15) is 0 Å². The maximum atomic E-state index is 11.3. The summed E-state index contributed by atoms with van der Waals surface area (Å²) >= 11 is 0. The van der Waals surface area contributed by atoms with Crippen LogP contribution >= 0.6 is 0 Å². The molecule has 0 heterocycles. The van der Waals surface area contributed by atoms with Crippen molar-refractivity contribution in [1.82, 2.24) is 0 Å². The summed E-state index contributed by atoms with van der Waals surface area (Å²) in [6, 6.07) is 21.2. The van der Waals surface area contributed by atoms with E-state index in [9.17, 15) is 4.79 Å². The van der Waals surface area contributed by atoms with E-state index in [0.717, 1.165) is 6.29 Å². The number of rotatable bonds is 3. The molecule has 4 rings (SSSR count). The minimum absolute atomic E-state index is 0.205. The first kappa shape index (κ1) is 14.2. The van der Waals surface area contributed by atoms with Crippen LogP contribution in [0.15, 0.2) is 83.5 Å². The molecule has 1 nitrogen and oxygen atoms in total. The summed E-state index contributed by atoms with van der Waals surface area (Å²) in [5.41, 5.74) is 6.48. The molecule has 2 aliphatic rings. The van der Waals surface area contributed by atoms with Crippen molar-refractivity contribution in [3.8, 4) is 0 Å². The number of allylic oxidation sites excluding steroid dienone is 4. The monoisotopic (exact) mass is 300 g/mol. The lowest BCUT2D eigenvalue weighted by molar-refractivity contribution is -0.104. The fraction of sp³-hybridized carbons (Fsp3) is 0.227. The summed E-state index contributed by atoms with van der Waals surface area (Å²) in [6.07, 6.45) is 7.61. The zero-order chi connectivity index (χ0) is 15.7. The number of hydrogen-bond acceptors (Lipinski definition) is 1. The van der Waals surface area contributed by atoms with Crippen molar-refractivity contribution in [2.24, 2.45) is 0 Å². The van der Waals surface area contributed by atoms with Crippen LogP contribution < -0.4 is 0 Å². The molecule has 23 heavy (non-hydrogen) atoms. The van der Waals surface area contributed by atoms with Crippen molar-refractivity contribution in [3.63, 3.8) is 0 Å². The van der Waals surface area contributed by atoms with Crippen LogP contribution in [-0.2, 0) is 10.2 Å². The minimum Gasteiger partial charge on any atom is -0.299 e. The van der Waals surface area contributed by atoms with Crippen molar-refractivity contribution in [1.29, 1.82) is 0 Å². The van der Waals surface area contributed by atoms with Crippen molar-refractivity contribution >= 4 is 6.29 Å². The molecule has 0 saturated heterocycles. The highest BCUT2D eigenvalue weighted by molar-refractivity contribution is 5.86. The lowest BCUT2D eigenvalue weighted by atomic mass is 9.85. The Morgan fingerprint density at radius 3 is 1.78 bits per heavy atom. The van der Waals surface area contributed by atoms with Crippen LogP contribution in [0.3, 0.4) is 0 Å². The molecule has 114 valence electrons. The second-order valence-electron chi connectivity index (χ2n) is 6.38. The molecule has 0 spiro atoms. The zero-order valence-electron chi connectivity index (χ0n) is 13.2. The maximum Gasteiger partial charge on any atom is 0.143 e. The molecule has 0 N–H and O–H groups in total. The first-order valence-electron chi connectivity index (χ1n) is 8.39. The third-order valence-electron chi connectivity index (χ3n) is 5.19. The summed E-state index contributed by atoms with van der Waals surface area (Å²) in [5, 5.41) is 0. The molecular formula is C22H20O. The topological polar surface area (TPSA) is 17.1 Å². The Labute approximate surface area is 137 Å². The number of benzene rings is 2. The number of carbonyl (C=O) groups is 1. The standard InChI is InChI=1S/C22H20O/c23-16-15-20-21(17-9-7-8-10-17)22(20,18-11-3-1-4-12-18)19-13-5-2-6-14-19/h1-6,11-16H,7-10H2/b20-15-. The van der Waals surface area contributed by atoms with Gasteiger partial charge in [0.1, 0.15) is 6.29 Å². The normalized spacial score (nSPS) is 20.8. The highest BCUT2D eigenvalue weighted by atomic mass is 16.1. The molecule has 2 fully saturated rings. The molecule has 0 bridgehead atoms. The Kier molecular flexibility index (Phi) is 3.49. The molecule has 0 amide bonds. The van der Waals surface area contributed by atoms with Crippen LogP contribution in [0.25, 0.3) is 0 Å². The van der Waals surface area contributed by atoms with E-state index in [1.807, 2.05) is 0 Å². The van der Waals surface area contributed by atoms with Gasteiger partial charge in [0.05, 0.1) is 5.41 Å². The average molecular weight is 300 g/mol. The molecule has 2 aromatic carbocycles. The summed E-state index contributed by atoms with van der Waals surface area (Å²) in [5.74, 6) is 0. The third-order valence-corrected chi connectivity index (χ3v) is 5.19. The van der Waals surface area contributed by atoms with E-state index in [2.05, 4.69) is 60.7 Å². The smallest absolute Gasteiger partial charge is 0.143 e. The average Bonchev–Trinajstić information content (AvgIpc) is 2.99. The first-order chi connectivity index (χ1) is 11.4. The summed E-state index contributed by atoms with van der Waals surface area (Å²) in [6.45, 7) is 0. The number of carbonyl (C=O) groups excluding carboxylic acids is 1. The third kappa shape index (κ3) is 2.11. The SMILES string of the molecule is O=C/C=C1/C(=C2CCCC2)C1(c1ccccc1)c1ccccc1. The minimum atomic E-state index is -0.205. The van der Waals surface area contributed by atoms with Gasteiger partial charge < -0.3 is 0 Å². The largest absolute Gasteiger partial charge is 0.299 e. The molecule has 2 aliphatic carbocycles. The van der Waals surface area contributed by atoms with Crippen LogP contribution in [-0.4, -0.2) is 6.29 Å². The Morgan fingerprint density at radius 2 is 1.30 bits per heavy atom. The fourth-order valence-electron chi connectivity index (χ4n) is 4.23. The second-order valence-corrected chi connectivity index (χ2v) is 6.38. The van der Waals surface area contributed by atoms with Gasteiger partial charge in [0, 0.05) is 0 Å². The molecule has 0 radical (unpaired) electrons. The predicted octanol–water partition coefficient (Wildman–Crippen LogP) is 4.98. The molecule has 1 heteroatoms. The van der Waals surface area contributed by atoms with Gasteiger partial charge in [0.2, 0.25) is 0 Å². The van der Waals surface area contributed by atoms with Crippen molar-refractivity contribution in [3.05, 3.63) is 94.6 Å². The Balaban J connectivity index is 1.99. The Morgan fingerprint density at radius 1 is 0.783 bits per heavy atom. The Hall–Kier alpha value is -2.41. The van der Waals surface area contributed by atoms with Gasteiger partial charge in [0.25, 0.3) is 0 Å². The van der Waals surface area contributed by atoms with Crippen LogP contribution in [0.5, 0.6) is 0 Å². The van der Waals surface area contributed by atoms with E-state index < -0.39 is 0 Å². The number of aldehydes is 1. The van der Waals surface area contributed by atoms with E-state index in [-0.39, 0.29) is 5.41 Å². The van der Waals surface area contributed by atoms with Gasteiger partial charge in [-0.3, -0.25) is 4.79 Å². The van der Waals surface area contributed by atoms with Crippen molar-refractivity contribution < 1.29 is 4.79 Å². The van der Waals surface area contributed by atoms with E-state index in [1.54, 1.807) is 11.6 Å². The van der Waals surface area contributed by atoms with E-state index in [1.165, 1.54) is 48.0 Å². The molecule has 2 saturated carbocycles. The van der Waals surface area contributed by atoms with Gasteiger partial charge >= 0.3 is 0 Å². The highest BCUT2D eigenvalue weighted by Crippen LogP contribution is 2.65. The second kappa shape index (κ2) is 5.66. The van der Waals surface area contributed by atoms with Crippen LogP contribution in [0.1, 0.15) is 36.8 Å². The zero-order valence-corrected chi connectivity index (χ0v) is 13.2. The van der Waals surface area contributed by atoms with E-state index in [0.29, 0.717) is 0 Å². The van der Waals surface area contributed by atoms with Crippen LogP contribution in [0, 0.1) is 0 Å². The lowest BCUT2D eigenvalue weighted by Gasteiger charge is -2.16. The predicted molar refractivity (Wildman–Crippen MR) is 93.3 cm³/mol. The summed E-state index contributed by atoms with van der Waals surface area (Å²) in [4.78, 5) is 11.3. The first-order valence-corrected chi connectivity index (χ1v) is 8.39. The van der Waals surface area contributed by atoms with Gasteiger partial charge in [-0.1, -0.05) is 66.2 Å².